The van der Waals surface area contributed by atoms with Crippen molar-refractivity contribution in [3.8, 4) is 5.75 Å². The second-order valence-electron chi connectivity index (χ2n) is 4.50. The number of carboxylic acid groups (broad SMARTS) is 1. The first-order chi connectivity index (χ1) is 7.32. The highest BCUT2D eigenvalue weighted by Crippen LogP contribution is 2.32. The molecule has 1 aromatic rings. The lowest BCUT2D eigenvalue weighted by Crippen LogP contribution is -2.29. The number of carboxylic acids is 1. The van der Waals surface area contributed by atoms with E-state index in [0.29, 0.717) is 0 Å². The summed E-state index contributed by atoms with van der Waals surface area (Å²) in [5, 5.41) is 9.21. The lowest BCUT2D eigenvalue weighted by Gasteiger charge is -2.23. The number of hydrogen-bond acceptors (Lipinski definition) is 2. The molecule has 3 heteroatoms. The van der Waals surface area contributed by atoms with E-state index in [9.17, 15) is 9.90 Å². The molecule has 0 bridgehead atoms. The van der Waals surface area contributed by atoms with E-state index in [1.807, 2.05) is 26.0 Å². The molecule has 3 nitrogen and oxygen atoms in total. The minimum absolute atomic E-state index is 0.794. The quantitative estimate of drug-likeness (QED) is 0.855. The zero-order chi connectivity index (χ0) is 12.5. The first-order valence-electron chi connectivity index (χ1n) is 5.20. The maximum absolute atomic E-state index is 11.2. The predicted octanol–water partition coefficient (Wildman–Crippen LogP) is 2.67. The molecule has 0 aliphatic carbocycles. The van der Waals surface area contributed by atoms with Gasteiger partial charge in [-0.2, -0.15) is 0 Å². The Hall–Kier alpha value is -1.51. The molecule has 0 aliphatic heterocycles. The summed E-state index contributed by atoms with van der Waals surface area (Å²) in [4.78, 5) is 11.2. The summed E-state index contributed by atoms with van der Waals surface area (Å²) in [5.74, 6) is -0.0254. The molecule has 1 aromatic carbocycles. The minimum Gasteiger partial charge on any atom is -0.496 e. The van der Waals surface area contributed by atoms with Crippen molar-refractivity contribution in [1.29, 1.82) is 0 Å². The van der Waals surface area contributed by atoms with Crippen LogP contribution >= 0.6 is 0 Å². The van der Waals surface area contributed by atoms with Gasteiger partial charge in [0.25, 0.3) is 0 Å². The van der Waals surface area contributed by atoms with Gasteiger partial charge in [-0.25, -0.2) is 0 Å². The molecule has 0 aromatic heterocycles. The van der Waals surface area contributed by atoms with Crippen molar-refractivity contribution >= 4 is 5.97 Å². The van der Waals surface area contributed by atoms with Gasteiger partial charge in [0.2, 0.25) is 0 Å². The Morgan fingerprint density at radius 3 is 2.25 bits per heavy atom. The Balaban J connectivity index is 3.38. The summed E-state index contributed by atoms with van der Waals surface area (Å²) in [5.41, 5.74) is 1.93. The van der Waals surface area contributed by atoms with Gasteiger partial charge in [0.15, 0.2) is 0 Å². The number of methoxy groups -OCH3 is 1. The van der Waals surface area contributed by atoms with Gasteiger partial charge >= 0.3 is 5.97 Å². The van der Waals surface area contributed by atoms with E-state index < -0.39 is 11.4 Å². The minimum atomic E-state index is -0.874. The summed E-state index contributed by atoms with van der Waals surface area (Å²) in [6.45, 7) is 7.29. The summed E-state index contributed by atoms with van der Waals surface area (Å²) in [7, 11) is 1.61. The summed E-state index contributed by atoms with van der Waals surface area (Å²) >= 11 is 0. The van der Waals surface area contributed by atoms with Gasteiger partial charge in [-0.3, -0.25) is 4.79 Å². The van der Waals surface area contributed by atoms with E-state index in [4.69, 9.17) is 4.74 Å². The van der Waals surface area contributed by atoms with Crippen LogP contribution in [0.5, 0.6) is 5.75 Å². The van der Waals surface area contributed by atoms with Crippen molar-refractivity contribution in [3.63, 3.8) is 0 Å². The average Bonchev–Trinajstić information content (AvgIpc) is 2.21. The molecule has 0 aliphatic rings. The van der Waals surface area contributed by atoms with E-state index in [2.05, 4.69) is 0 Å². The average molecular weight is 222 g/mol. The molecule has 0 fully saturated rings. The van der Waals surface area contributed by atoms with Crippen molar-refractivity contribution in [1.82, 2.24) is 0 Å². The molecule has 88 valence electrons. The molecule has 0 spiro atoms. The molecule has 0 amide bonds. The fraction of sp³-hybridized carbons (Fsp3) is 0.462. The van der Waals surface area contributed by atoms with Crippen LogP contribution in [0.2, 0.25) is 0 Å². The van der Waals surface area contributed by atoms with Gasteiger partial charge in [0.1, 0.15) is 5.75 Å². The fourth-order valence-corrected chi connectivity index (χ4v) is 1.81. The van der Waals surface area contributed by atoms with Crippen LogP contribution in [0.15, 0.2) is 12.1 Å². The third-order valence-corrected chi connectivity index (χ3v) is 3.17. The SMILES string of the molecule is COc1ccc(C(C)(C)C(=O)O)c(C)c1C. The molecule has 0 radical (unpaired) electrons. The van der Waals surface area contributed by atoms with Crippen molar-refractivity contribution in [2.75, 3.05) is 7.11 Å². The highest BCUT2D eigenvalue weighted by atomic mass is 16.5. The van der Waals surface area contributed by atoms with Crippen molar-refractivity contribution in [3.05, 3.63) is 28.8 Å². The number of benzene rings is 1. The highest BCUT2D eigenvalue weighted by Gasteiger charge is 2.31. The van der Waals surface area contributed by atoms with Gasteiger partial charge in [-0.05, 0) is 50.5 Å². The number of carbonyl (C=O) groups is 1. The standard InChI is InChI=1S/C13H18O3/c1-8-9(2)11(16-5)7-6-10(8)13(3,4)12(14)15/h6-7H,1-5H3,(H,14,15). The molecule has 0 atom stereocenters. The molecular weight excluding hydrogens is 204 g/mol. The Labute approximate surface area is 96.1 Å². The van der Waals surface area contributed by atoms with Crippen molar-refractivity contribution in [2.24, 2.45) is 0 Å². The normalized spacial score (nSPS) is 11.3. The summed E-state index contributed by atoms with van der Waals surface area (Å²) in [6.07, 6.45) is 0. The molecular formula is C13H18O3. The first kappa shape index (κ1) is 12.6. The van der Waals surface area contributed by atoms with Crippen molar-refractivity contribution < 1.29 is 14.6 Å². The third-order valence-electron chi connectivity index (χ3n) is 3.17. The molecule has 0 saturated heterocycles. The van der Waals surface area contributed by atoms with Crippen LogP contribution in [-0.4, -0.2) is 18.2 Å². The number of aliphatic carboxylic acids is 1. The van der Waals surface area contributed by atoms with E-state index in [1.165, 1.54) is 0 Å². The number of ether oxygens (including phenoxy) is 1. The van der Waals surface area contributed by atoms with E-state index in [1.54, 1.807) is 21.0 Å². The van der Waals surface area contributed by atoms with Crippen LogP contribution in [0.1, 0.15) is 30.5 Å². The smallest absolute Gasteiger partial charge is 0.313 e. The Bertz CT molecular complexity index is 419. The molecule has 0 saturated carbocycles. The Morgan fingerprint density at radius 2 is 1.81 bits per heavy atom. The van der Waals surface area contributed by atoms with Crippen LogP contribution in [0.3, 0.4) is 0 Å². The highest BCUT2D eigenvalue weighted by molar-refractivity contribution is 5.81. The fourth-order valence-electron chi connectivity index (χ4n) is 1.81. The first-order valence-corrected chi connectivity index (χ1v) is 5.20. The maximum Gasteiger partial charge on any atom is 0.313 e. The molecule has 0 heterocycles. The lowest BCUT2D eigenvalue weighted by molar-refractivity contribution is -0.142. The lowest BCUT2D eigenvalue weighted by atomic mass is 9.81. The zero-order valence-electron chi connectivity index (χ0n) is 10.4. The largest absolute Gasteiger partial charge is 0.496 e. The van der Waals surface area contributed by atoms with Crippen LogP contribution < -0.4 is 4.74 Å². The van der Waals surface area contributed by atoms with Gasteiger partial charge in [0.05, 0.1) is 12.5 Å². The third kappa shape index (κ3) is 1.90. The van der Waals surface area contributed by atoms with E-state index in [0.717, 1.165) is 22.4 Å². The van der Waals surface area contributed by atoms with Gasteiger partial charge in [0, 0.05) is 0 Å². The second kappa shape index (κ2) is 4.16. The molecule has 0 unspecified atom stereocenters. The summed E-state index contributed by atoms with van der Waals surface area (Å²) < 4.78 is 5.21. The van der Waals surface area contributed by atoms with Gasteiger partial charge in [-0.1, -0.05) is 6.07 Å². The van der Waals surface area contributed by atoms with E-state index >= 15 is 0 Å². The van der Waals surface area contributed by atoms with Crippen LogP contribution in [-0.2, 0) is 10.2 Å². The second-order valence-corrected chi connectivity index (χ2v) is 4.50. The zero-order valence-corrected chi connectivity index (χ0v) is 10.4. The Morgan fingerprint density at radius 1 is 1.25 bits per heavy atom. The maximum atomic E-state index is 11.2. The molecule has 1 N–H and O–H groups in total. The number of rotatable bonds is 3. The monoisotopic (exact) mass is 222 g/mol. The van der Waals surface area contributed by atoms with Gasteiger partial charge < -0.3 is 9.84 Å². The predicted molar refractivity (Wildman–Crippen MR) is 63.1 cm³/mol. The van der Waals surface area contributed by atoms with Gasteiger partial charge in [-0.15, -0.1) is 0 Å². The molecule has 16 heavy (non-hydrogen) atoms. The Kier molecular flexibility index (Phi) is 3.27. The van der Waals surface area contributed by atoms with Crippen LogP contribution in [0.4, 0.5) is 0 Å². The summed E-state index contributed by atoms with van der Waals surface area (Å²) in [6, 6.07) is 3.65. The van der Waals surface area contributed by atoms with Crippen molar-refractivity contribution in [2.45, 2.75) is 33.1 Å². The molecule has 1 rings (SSSR count). The van der Waals surface area contributed by atoms with Crippen LogP contribution in [0.25, 0.3) is 0 Å². The van der Waals surface area contributed by atoms with E-state index in [-0.39, 0.29) is 0 Å². The number of hydrogen-bond donors (Lipinski definition) is 1. The topological polar surface area (TPSA) is 46.5 Å². The van der Waals surface area contributed by atoms with Crippen LogP contribution in [0, 0.1) is 13.8 Å².